The number of likely N-dealkylation sites (N-methyl/N-ethyl adjacent to an activating group) is 1. The van der Waals surface area contributed by atoms with Gasteiger partial charge in [0.2, 0.25) is 0 Å². The second-order valence-corrected chi connectivity index (χ2v) is 7.30. The Labute approximate surface area is 138 Å². The normalized spacial score (nSPS) is 13.0. The van der Waals surface area contributed by atoms with E-state index in [0.29, 0.717) is 0 Å². The van der Waals surface area contributed by atoms with Crippen LogP contribution in [0, 0.1) is 6.92 Å². The third-order valence-corrected chi connectivity index (χ3v) is 4.79. The van der Waals surface area contributed by atoms with Crippen molar-refractivity contribution in [1.82, 2.24) is 25.0 Å². The fourth-order valence-electron chi connectivity index (χ4n) is 2.18. The second kappa shape index (κ2) is 7.49. The maximum absolute atomic E-state index is 4.51. The maximum atomic E-state index is 4.51. The predicted molar refractivity (Wildman–Crippen MR) is 90.9 cm³/mol. The number of hydrogen-bond acceptors (Lipinski definition) is 5. The summed E-state index contributed by atoms with van der Waals surface area (Å²) >= 11 is 5.38. The summed E-state index contributed by atoms with van der Waals surface area (Å²) in [5.41, 5.74) is 1.17. The summed E-state index contributed by atoms with van der Waals surface area (Å²) in [5.74, 6) is 0. The molecular weight excluding hydrogens is 350 g/mol. The third kappa shape index (κ3) is 4.12. The van der Waals surface area contributed by atoms with E-state index in [2.05, 4.69) is 61.9 Å². The van der Waals surface area contributed by atoms with Gasteiger partial charge in [-0.3, -0.25) is 4.68 Å². The number of thiazole rings is 1. The Morgan fingerprint density at radius 1 is 1.43 bits per heavy atom. The minimum Gasteiger partial charge on any atom is -0.308 e. The van der Waals surface area contributed by atoms with Gasteiger partial charge in [0.15, 0.2) is 0 Å². The lowest BCUT2D eigenvalue weighted by molar-refractivity contribution is 0.365. The molecule has 0 saturated heterocycles. The molecule has 2 aromatic heterocycles. The SMILES string of the molecule is CCNC(c1cnc(C)s1)c1c(Br)cnn1CCN(C)C. The van der Waals surface area contributed by atoms with E-state index in [1.807, 2.05) is 19.3 Å². The molecule has 0 aliphatic rings. The van der Waals surface area contributed by atoms with Gasteiger partial charge in [-0.15, -0.1) is 11.3 Å². The molecule has 5 nitrogen and oxygen atoms in total. The van der Waals surface area contributed by atoms with Crippen molar-refractivity contribution in [2.24, 2.45) is 0 Å². The first-order chi connectivity index (χ1) is 10.0. The molecule has 0 spiro atoms. The highest BCUT2D eigenvalue weighted by molar-refractivity contribution is 9.10. The number of halogens is 1. The minimum atomic E-state index is 0.125. The fourth-order valence-corrected chi connectivity index (χ4v) is 3.57. The van der Waals surface area contributed by atoms with E-state index in [4.69, 9.17) is 0 Å². The molecule has 1 N–H and O–H groups in total. The van der Waals surface area contributed by atoms with Gasteiger partial charge < -0.3 is 10.2 Å². The molecule has 2 heterocycles. The average molecular weight is 372 g/mol. The zero-order valence-electron chi connectivity index (χ0n) is 12.9. The van der Waals surface area contributed by atoms with Crippen LogP contribution in [0.2, 0.25) is 0 Å². The molecule has 116 valence electrons. The van der Waals surface area contributed by atoms with E-state index in [-0.39, 0.29) is 6.04 Å². The molecule has 0 aromatic carbocycles. The van der Waals surface area contributed by atoms with E-state index in [0.717, 1.165) is 29.1 Å². The molecule has 0 bridgehead atoms. The Balaban J connectivity index is 2.33. The summed E-state index contributed by atoms with van der Waals surface area (Å²) in [7, 11) is 4.15. The molecule has 2 rings (SSSR count). The number of aromatic nitrogens is 3. The highest BCUT2D eigenvalue weighted by atomic mass is 79.9. The molecule has 1 atom stereocenters. The van der Waals surface area contributed by atoms with Crippen LogP contribution in [0.1, 0.15) is 28.5 Å². The summed E-state index contributed by atoms with van der Waals surface area (Å²) in [4.78, 5) is 7.78. The number of rotatable bonds is 7. The van der Waals surface area contributed by atoms with Crippen LogP contribution in [0.4, 0.5) is 0 Å². The largest absolute Gasteiger partial charge is 0.308 e. The van der Waals surface area contributed by atoms with Gasteiger partial charge in [-0.1, -0.05) is 6.92 Å². The summed E-state index contributed by atoms with van der Waals surface area (Å²) < 4.78 is 3.12. The average Bonchev–Trinajstić information content (AvgIpc) is 3.00. The van der Waals surface area contributed by atoms with E-state index in [9.17, 15) is 0 Å². The number of aryl methyl sites for hydroxylation is 1. The molecule has 0 amide bonds. The van der Waals surface area contributed by atoms with Gasteiger partial charge in [0.25, 0.3) is 0 Å². The Bertz CT molecular complexity index is 578. The fraction of sp³-hybridized carbons (Fsp3) is 0.571. The number of hydrogen-bond donors (Lipinski definition) is 1. The molecule has 2 aromatic rings. The van der Waals surface area contributed by atoms with E-state index < -0.39 is 0 Å². The van der Waals surface area contributed by atoms with Crippen LogP contribution in [-0.4, -0.2) is 46.8 Å². The summed E-state index contributed by atoms with van der Waals surface area (Å²) in [5, 5.41) is 9.15. The van der Waals surface area contributed by atoms with E-state index in [1.54, 1.807) is 11.3 Å². The first-order valence-electron chi connectivity index (χ1n) is 7.04. The summed E-state index contributed by atoms with van der Waals surface area (Å²) in [6.07, 6.45) is 3.84. The highest BCUT2D eigenvalue weighted by Crippen LogP contribution is 2.31. The van der Waals surface area contributed by atoms with Crippen molar-refractivity contribution in [2.45, 2.75) is 26.4 Å². The molecule has 0 aliphatic heterocycles. The molecule has 21 heavy (non-hydrogen) atoms. The van der Waals surface area contributed by atoms with Crippen molar-refractivity contribution in [3.05, 3.63) is 32.4 Å². The molecule has 0 saturated carbocycles. The lowest BCUT2D eigenvalue weighted by Gasteiger charge is -2.19. The van der Waals surface area contributed by atoms with Crippen LogP contribution in [0.3, 0.4) is 0 Å². The van der Waals surface area contributed by atoms with Crippen molar-refractivity contribution in [3.8, 4) is 0 Å². The number of nitrogens with zero attached hydrogens (tertiary/aromatic N) is 4. The first kappa shape index (κ1) is 16.6. The van der Waals surface area contributed by atoms with Gasteiger partial charge in [0.05, 0.1) is 34.0 Å². The smallest absolute Gasteiger partial charge is 0.0897 e. The van der Waals surface area contributed by atoms with Gasteiger partial charge in [-0.05, 0) is 43.5 Å². The Kier molecular flexibility index (Phi) is 5.92. The molecule has 0 aliphatic carbocycles. The quantitative estimate of drug-likeness (QED) is 0.812. The molecule has 0 radical (unpaired) electrons. The lowest BCUT2D eigenvalue weighted by Crippen LogP contribution is -2.27. The van der Waals surface area contributed by atoms with Crippen LogP contribution in [-0.2, 0) is 6.54 Å². The van der Waals surface area contributed by atoms with E-state index >= 15 is 0 Å². The Morgan fingerprint density at radius 2 is 2.19 bits per heavy atom. The molecule has 1 unspecified atom stereocenters. The second-order valence-electron chi connectivity index (χ2n) is 5.18. The Morgan fingerprint density at radius 3 is 2.76 bits per heavy atom. The standard InChI is InChI=1S/C14H22BrN5S/c1-5-16-13(12-9-17-10(2)21-12)14-11(15)8-18-20(14)7-6-19(3)4/h8-9,13,16H,5-7H2,1-4H3. The van der Waals surface area contributed by atoms with Crippen LogP contribution >= 0.6 is 27.3 Å². The van der Waals surface area contributed by atoms with Crippen LogP contribution in [0.25, 0.3) is 0 Å². The van der Waals surface area contributed by atoms with Crippen molar-refractivity contribution in [3.63, 3.8) is 0 Å². The lowest BCUT2D eigenvalue weighted by atomic mass is 10.2. The van der Waals surface area contributed by atoms with Gasteiger partial charge in [0.1, 0.15) is 0 Å². The monoisotopic (exact) mass is 371 g/mol. The van der Waals surface area contributed by atoms with Gasteiger partial charge >= 0.3 is 0 Å². The summed E-state index contributed by atoms with van der Waals surface area (Å²) in [6.45, 7) is 6.88. The van der Waals surface area contributed by atoms with Crippen molar-refractivity contribution in [1.29, 1.82) is 0 Å². The highest BCUT2D eigenvalue weighted by Gasteiger charge is 2.23. The van der Waals surface area contributed by atoms with Gasteiger partial charge in [-0.25, -0.2) is 4.98 Å². The van der Waals surface area contributed by atoms with E-state index in [1.165, 1.54) is 10.6 Å². The summed E-state index contributed by atoms with van der Waals surface area (Å²) in [6, 6.07) is 0.125. The van der Waals surface area contributed by atoms with Gasteiger partial charge in [0, 0.05) is 17.6 Å². The molecular formula is C14H22BrN5S. The van der Waals surface area contributed by atoms with Crippen LogP contribution < -0.4 is 5.32 Å². The first-order valence-corrected chi connectivity index (χ1v) is 8.65. The third-order valence-electron chi connectivity index (χ3n) is 3.20. The van der Waals surface area contributed by atoms with Crippen molar-refractivity contribution >= 4 is 27.3 Å². The maximum Gasteiger partial charge on any atom is 0.0897 e. The Hall–Kier alpha value is -0.760. The topological polar surface area (TPSA) is 46.0 Å². The van der Waals surface area contributed by atoms with Crippen molar-refractivity contribution in [2.75, 3.05) is 27.2 Å². The van der Waals surface area contributed by atoms with Crippen LogP contribution in [0.5, 0.6) is 0 Å². The predicted octanol–water partition coefficient (Wildman–Crippen LogP) is 2.67. The zero-order chi connectivity index (χ0) is 15.4. The number of nitrogens with one attached hydrogen (secondary N) is 1. The zero-order valence-corrected chi connectivity index (χ0v) is 15.3. The molecule has 0 fully saturated rings. The van der Waals surface area contributed by atoms with Gasteiger partial charge in [-0.2, -0.15) is 5.10 Å². The minimum absolute atomic E-state index is 0.125. The molecule has 7 heteroatoms. The van der Waals surface area contributed by atoms with Crippen molar-refractivity contribution < 1.29 is 0 Å². The van der Waals surface area contributed by atoms with Crippen LogP contribution in [0.15, 0.2) is 16.9 Å².